The Kier molecular flexibility index (Phi) is 4.98. The first-order valence-electron chi connectivity index (χ1n) is 6.78. The molecule has 2 fully saturated rings. The van der Waals surface area contributed by atoms with Gasteiger partial charge in [-0.25, -0.2) is 0 Å². The van der Waals surface area contributed by atoms with Gasteiger partial charge in [0.1, 0.15) is 0 Å². The van der Waals surface area contributed by atoms with Crippen LogP contribution in [0.3, 0.4) is 0 Å². The van der Waals surface area contributed by atoms with E-state index in [1.807, 2.05) is 0 Å². The van der Waals surface area contributed by atoms with Gasteiger partial charge in [-0.15, -0.1) is 0 Å². The molecule has 0 aromatic rings. The average Bonchev–Trinajstić information content (AvgIpc) is 2.87. The van der Waals surface area contributed by atoms with Crippen LogP contribution in [0.1, 0.15) is 26.7 Å². The van der Waals surface area contributed by atoms with E-state index in [9.17, 15) is 0 Å². The molecule has 0 aliphatic carbocycles. The van der Waals surface area contributed by atoms with E-state index in [1.165, 1.54) is 50.5 Å². The molecule has 2 unspecified atom stereocenters. The summed E-state index contributed by atoms with van der Waals surface area (Å²) in [4.78, 5) is 2.61. The summed E-state index contributed by atoms with van der Waals surface area (Å²) in [6.45, 7) is 9.74. The zero-order chi connectivity index (χ0) is 11.4. The Bertz CT molecular complexity index is 202. The van der Waals surface area contributed by atoms with Crippen molar-refractivity contribution < 1.29 is 0 Å². The lowest BCUT2D eigenvalue weighted by Gasteiger charge is -2.20. The van der Waals surface area contributed by atoms with Crippen LogP contribution in [-0.4, -0.2) is 48.6 Å². The van der Waals surface area contributed by atoms with Gasteiger partial charge in [-0.05, 0) is 69.7 Å². The highest BCUT2D eigenvalue weighted by Gasteiger charge is 2.24. The summed E-state index contributed by atoms with van der Waals surface area (Å²) in [5, 5.41) is 3.69. The summed E-state index contributed by atoms with van der Waals surface area (Å²) in [6, 6.07) is 0.733. The minimum absolute atomic E-state index is 0.733. The smallest absolute Gasteiger partial charge is 0.00387 e. The largest absolute Gasteiger partial charge is 0.316 e. The molecule has 0 aromatic carbocycles. The van der Waals surface area contributed by atoms with Crippen molar-refractivity contribution >= 4 is 11.8 Å². The number of nitrogens with zero attached hydrogens (tertiary/aromatic N) is 1. The monoisotopic (exact) mass is 242 g/mol. The second kappa shape index (κ2) is 6.27. The van der Waals surface area contributed by atoms with Crippen molar-refractivity contribution in [1.82, 2.24) is 10.2 Å². The molecule has 2 atom stereocenters. The minimum atomic E-state index is 0.733. The van der Waals surface area contributed by atoms with Crippen LogP contribution in [-0.2, 0) is 0 Å². The third-order valence-electron chi connectivity index (χ3n) is 3.94. The molecule has 0 aromatic heterocycles. The SMILES string of the molecule is CC(C)N1CCC(CNCC2CCSC2)C1. The van der Waals surface area contributed by atoms with Crippen molar-refractivity contribution in [3.63, 3.8) is 0 Å². The second-order valence-corrected chi connectivity index (χ2v) is 6.78. The molecule has 94 valence electrons. The minimum Gasteiger partial charge on any atom is -0.316 e. The number of rotatable bonds is 5. The molecule has 2 saturated heterocycles. The van der Waals surface area contributed by atoms with E-state index in [-0.39, 0.29) is 0 Å². The van der Waals surface area contributed by atoms with E-state index in [0.717, 1.165) is 17.9 Å². The van der Waals surface area contributed by atoms with Crippen molar-refractivity contribution in [3.05, 3.63) is 0 Å². The van der Waals surface area contributed by atoms with Gasteiger partial charge in [0, 0.05) is 12.6 Å². The van der Waals surface area contributed by atoms with E-state index < -0.39 is 0 Å². The zero-order valence-electron chi connectivity index (χ0n) is 10.7. The highest BCUT2D eigenvalue weighted by Crippen LogP contribution is 2.23. The van der Waals surface area contributed by atoms with Crippen LogP contribution in [0.2, 0.25) is 0 Å². The molecule has 1 N–H and O–H groups in total. The van der Waals surface area contributed by atoms with Crippen LogP contribution in [0.4, 0.5) is 0 Å². The van der Waals surface area contributed by atoms with Crippen molar-refractivity contribution in [1.29, 1.82) is 0 Å². The molecule has 2 aliphatic heterocycles. The maximum absolute atomic E-state index is 3.69. The van der Waals surface area contributed by atoms with Gasteiger partial charge in [0.2, 0.25) is 0 Å². The molecular formula is C13H26N2S. The van der Waals surface area contributed by atoms with Crippen molar-refractivity contribution in [3.8, 4) is 0 Å². The van der Waals surface area contributed by atoms with E-state index in [4.69, 9.17) is 0 Å². The Labute approximate surface area is 105 Å². The first kappa shape index (κ1) is 12.7. The molecule has 2 nitrogen and oxygen atoms in total. The summed E-state index contributed by atoms with van der Waals surface area (Å²) < 4.78 is 0. The van der Waals surface area contributed by atoms with E-state index in [1.54, 1.807) is 0 Å². The third kappa shape index (κ3) is 3.64. The average molecular weight is 242 g/mol. The summed E-state index contributed by atoms with van der Waals surface area (Å²) in [6.07, 6.45) is 2.82. The van der Waals surface area contributed by atoms with Crippen LogP contribution in [0.5, 0.6) is 0 Å². The van der Waals surface area contributed by atoms with Crippen LogP contribution in [0.15, 0.2) is 0 Å². The lowest BCUT2D eigenvalue weighted by Crippen LogP contribution is -2.32. The molecule has 3 heteroatoms. The van der Waals surface area contributed by atoms with Crippen molar-refractivity contribution in [2.75, 3.05) is 37.7 Å². The van der Waals surface area contributed by atoms with Gasteiger partial charge in [-0.2, -0.15) is 11.8 Å². The van der Waals surface area contributed by atoms with E-state index >= 15 is 0 Å². The second-order valence-electron chi connectivity index (χ2n) is 5.63. The third-order valence-corrected chi connectivity index (χ3v) is 5.17. The number of hydrogen-bond acceptors (Lipinski definition) is 3. The summed E-state index contributed by atoms with van der Waals surface area (Å²) >= 11 is 2.12. The number of likely N-dealkylation sites (tertiary alicyclic amines) is 1. The fourth-order valence-corrected chi connectivity index (χ4v) is 4.02. The quantitative estimate of drug-likeness (QED) is 0.794. The predicted octanol–water partition coefficient (Wildman–Crippen LogP) is 2.06. The molecule has 16 heavy (non-hydrogen) atoms. The maximum atomic E-state index is 3.69. The van der Waals surface area contributed by atoms with Crippen LogP contribution in [0.25, 0.3) is 0 Å². The topological polar surface area (TPSA) is 15.3 Å². The Morgan fingerprint density at radius 3 is 2.69 bits per heavy atom. The fraction of sp³-hybridized carbons (Fsp3) is 1.00. The number of hydrogen-bond donors (Lipinski definition) is 1. The van der Waals surface area contributed by atoms with Crippen LogP contribution in [0, 0.1) is 11.8 Å². The molecule has 2 aliphatic rings. The van der Waals surface area contributed by atoms with Crippen molar-refractivity contribution in [2.45, 2.75) is 32.7 Å². The summed E-state index contributed by atoms with van der Waals surface area (Å²) in [5.41, 5.74) is 0. The lowest BCUT2D eigenvalue weighted by molar-refractivity contribution is 0.263. The molecule has 0 amide bonds. The Morgan fingerprint density at radius 2 is 2.06 bits per heavy atom. The standard InChI is InChI=1S/C13H26N2S/c1-11(2)15-5-3-12(9-15)7-14-8-13-4-6-16-10-13/h11-14H,3-10H2,1-2H3. The highest BCUT2D eigenvalue weighted by atomic mass is 32.2. The van der Waals surface area contributed by atoms with Crippen molar-refractivity contribution in [2.24, 2.45) is 11.8 Å². The van der Waals surface area contributed by atoms with E-state index in [0.29, 0.717) is 0 Å². The molecule has 2 rings (SSSR count). The van der Waals surface area contributed by atoms with Gasteiger partial charge >= 0.3 is 0 Å². The van der Waals surface area contributed by atoms with Crippen LogP contribution < -0.4 is 5.32 Å². The summed E-state index contributed by atoms with van der Waals surface area (Å²) in [5.74, 6) is 4.62. The van der Waals surface area contributed by atoms with Gasteiger partial charge < -0.3 is 10.2 Å². The number of thioether (sulfide) groups is 1. The Hall–Kier alpha value is 0.270. The van der Waals surface area contributed by atoms with Crippen LogP contribution >= 0.6 is 11.8 Å². The molecule has 0 spiro atoms. The Morgan fingerprint density at radius 1 is 1.25 bits per heavy atom. The highest BCUT2D eigenvalue weighted by molar-refractivity contribution is 7.99. The molecule has 0 saturated carbocycles. The predicted molar refractivity (Wildman–Crippen MR) is 73.1 cm³/mol. The molecule has 2 heterocycles. The van der Waals surface area contributed by atoms with E-state index in [2.05, 4.69) is 35.8 Å². The van der Waals surface area contributed by atoms with Gasteiger partial charge in [0.05, 0.1) is 0 Å². The number of nitrogens with one attached hydrogen (secondary N) is 1. The first-order chi connectivity index (χ1) is 7.75. The first-order valence-corrected chi connectivity index (χ1v) is 7.93. The maximum Gasteiger partial charge on any atom is 0.00387 e. The lowest BCUT2D eigenvalue weighted by atomic mass is 10.1. The summed E-state index contributed by atoms with van der Waals surface area (Å²) in [7, 11) is 0. The van der Waals surface area contributed by atoms with Gasteiger partial charge in [0.25, 0.3) is 0 Å². The zero-order valence-corrected chi connectivity index (χ0v) is 11.6. The normalized spacial score (nSPS) is 31.7. The van der Waals surface area contributed by atoms with Gasteiger partial charge in [0.15, 0.2) is 0 Å². The molecule has 0 radical (unpaired) electrons. The molecular weight excluding hydrogens is 216 g/mol. The van der Waals surface area contributed by atoms with Gasteiger partial charge in [-0.3, -0.25) is 0 Å². The molecule has 0 bridgehead atoms. The fourth-order valence-electron chi connectivity index (χ4n) is 2.73. The van der Waals surface area contributed by atoms with Gasteiger partial charge in [-0.1, -0.05) is 0 Å². The Balaban J connectivity index is 1.57.